The van der Waals surface area contributed by atoms with E-state index in [2.05, 4.69) is 19.2 Å². The molecule has 0 spiro atoms. The van der Waals surface area contributed by atoms with Crippen LogP contribution >= 0.6 is 0 Å². The predicted molar refractivity (Wildman–Crippen MR) is 87.4 cm³/mol. The Morgan fingerprint density at radius 1 is 1.24 bits per heavy atom. The summed E-state index contributed by atoms with van der Waals surface area (Å²) in [6, 6.07) is 6.72. The summed E-state index contributed by atoms with van der Waals surface area (Å²) in [4.78, 5) is 0.351. The van der Waals surface area contributed by atoms with E-state index in [-0.39, 0.29) is 5.75 Å². The van der Waals surface area contributed by atoms with Crippen molar-refractivity contribution in [2.75, 3.05) is 17.6 Å². The largest absolute Gasteiger partial charge is 0.388 e. The maximum Gasteiger partial charge on any atom is 0.178 e. The van der Waals surface area contributed by atoms with E-state index in [0.717, 1.165) is 5.69 Å². The minimum absolute atomic E-state index is 0.170. The van der Waals surface area contributed by atoms with Crippen LogP contribution in [0.4, 0.5) is 5.69 Å². The van der Waals surface area contributed by atoms with Gasteiger partial charge in [-0.25, -0.2) is 8.42 Å². The zero-order valence-corrected chi connectivity index (χ0v) is 14.2. The van der Waals surface area contributed by atoms with Gasteiger partial charge in [0.2, 0.25) is 0 Å². The fourth-order valence-electron chi connectivity index (χ4n) is 2.41. The second-order valence-electron chi connectivity index (χ2n) is 6.29. The summed E-state index contributed by atoms with van der Waals surface area (Å²) in [5.74, 6) is 0.589. The smallest absolute Gasteiger partial charge is 0.178 e. The van der Waals surface area contributed by atoms with E-state index >= 15 is 0 Å². The first-order valence-corrected chi connectivity index (χ1v) is 9.10. The van der Waals surface area contributed by atoms with E-state index < -0.39 is 15.4 Å². The minimum atomic E-state index is -3.16. The van der Waals surface area contributed by atoms with Crippen molar-refractivity contribution in [2.24, 2.45) is 5.92 Å². The number of nitrogens with one attached hydrogen (secondary N) is 1. The lowest BCUT2D eigenvalue weighted by atomic mass is 9.94. The number of sulfone groups is 1. The van der Waals surface area contributed by atoms with Crippen LogP contribution in [0.25, 0.3) is 0 Å². The molecule has 120 valence electrons. The fraction of sp³-hybridized carbons (Fsp3) is 0.625. The predicted octanol–water partition coefficient (Wildman–Crippen LogP) is 3.08. The lowest BCUT2D eigenvalue weighted by molar-refractivity contribution is 0.0515. The van der Waals surface area contributed by atoms with Gasteiger partial charge in [-0.15, -0.1) is 0 Å². The Bertz CT molecular complexity index is 533. The van der Waals surface area contributed by atoms with E-state index in [1.165, 1.54) is 0 Å². The SMILES string of the molecule is CCCS(=O)(=O)c1ccc(NCC(C)(O)CC(C)C)cc1. The Hall–Kier alpha value is -1.07. The summed E-state index contributed by atoms with van der Waals surface area (Å²) in [5, 5.41) is 13.4. The van der Waals surface area contributed by atoms with Crippen molar-refractivity contribution in [3.63, 3.8) is 0 Å². The van der Waals surface area contributed by atoms with E-state index in [1.807, 2.05) is 6.92 Å². The number of hydrogen-bond donors (Lipinski definition) is 2. The normalized spacial score (nSPS) is 15.0. The van der Waals surface area contributed by atoms with Crippen molar-refractivity contribution in [1.29, 1.82) is 0 Å². The van der Waals surface area contributed by atoms with Crippen molar-refractivity contribution in [2.45, 2.75) is 51.0 Å². The molecule has 2 N–H and O–H groups in total. The van der Waals surface area contributed by atoms with E-state index in [4.69, 9.17) is 0 Å². The summed E-state index contributed by atoms with van der Waals surface area (Å²) >= 11 is 0. The molecule has 5 heteroatoms. The topological polar surface area (TPSA) is 66.4 Å². The van der Waals surface area contributed by atoms with Crippen LogP contribution in [0.2, 0.25) is 0 Å². The van der Waals surface area contributed by atoms with E-state index in [0.29, 0.717) is 30.2 Å². The molecule has 0 heterocycles. The summed E-state index contributed by atoms with van der Waals surface area (Å²) < 4.78 is 23.8. The van der Waals surface area contributed by atoms with E-state index in [1.54, 1.807) is 31.2 Å². The van der Waals surface area contributed by atoms with Crippen LogP contribution in [0.15, 0.2) is 29.2 Å². The first-order valence-electron chi connectivity index (χ1n) is 7.45. The van der Waals surface area contributed by atoms with Gasteiger partial charge in [0.1, 0.15) is 0 Å². The third kappa shape index (κ3) is 6.06. The highest BCUT2D eigenvalue weighted by atomic mass is 32.2. The monoisotopic (exact) mass is 313 g/mol. The van der Waals surface area contributed by atoms with Crippen molar-refractivity contribution < 1.29 is 13.5 Å². The molecule has 1 unspecified atom stereocenters. The molecule has 1 aromatic carbocycles. The van der Waals surface area contributed by atoms with Gasteiger partial charge in [0.25, 0.3) is 0 Å². The number of benzene rings is 1. The standard InChI is InChI=1S/C16H27NO3S/c1-5-10-21(19,20)15-8-6-14(7-9-15)17-12-16(4,18)11-13(2)3/h6-9,13,17-18H,5,10-12H2,1-4H3. The molecule has 1 rings (SSSR count). The average molecular weight is 313 g/mol. The second kappa shape index (κ2) is 7.27. The zero-order valence-electron chi connectivity index (χ0n) is 13.4. The molecular weight excluding hydrogens is 286 g/mol. The minimum Gasteiger partial charge on any atom is -0.388 e. The van der Waals surface area contributed by atoms with Crippen molar-refractivity contribution in [3.8, 4) is 0 Å². The van der Waals surface area contributed by atoms with Gasteiger partial charge in [0, 0.05) is 12.2 Å². The molecule has 0 aliphatic carbocycles. The molecule has 0 aliphatic rings. The molecule has 0 bridgehead atoms. The first kappa shape index (κ1) is 18.0. The molecule has 1 aromatic rings. The van der Waals surface area contributed by atoms with Crippen molar-refractivity contribution in [1.82, 2.24) is 0 Å². The van der Waals surface area contributed by atoms with Crippen LogP contribution in [0, 0.1) is 5.92 Å². The van der Waals surface area contributed by atoms with Crippen LogP contribution in [-0.4, -0.2) is 31.4 Å². The Balaban J connectivity index is 2.68. The van der Waals surface area contributed by atoms with Gasteiger partial charge in [-0.2, -0.15) is 0 Å². The highest BCUT2D eigenvalue weighted by Crippen LogP contribution is 2.19. The second-order valence-corrected chi connectivity index (χ2v) is 8.40. The van der Waals surface area contributed by atoms with Crippen LogP contribution in [0.5, 0.6) is 0 Å². The van der Waals surface area contributed by atoms with Gasteiger partial charge in [0.05, 0.1) is 16.2 Å². The van der Waals surface area contributed by atoms with E-state index in [9.17, 15) is 13.5 Å². The summed E-state index contributed by atoms with van der Waals surface area (Å²) in [6.45, 7) is 8.24. The maximum atomic E-state index is 11.9. The van der Waals surface area contributed by atoms with Gasteiger partial charge in [-0.1, -0.05) is 20.8 Å². The number of aliphatic hydroxyl groups is 1. The number of rotatable bonds is 8. The van der Waals surface area contributed by atoms with Crippen LogP contribution in [0.3, 0.4) is 0 Å². The molecule has 0 fully saturated rings. The summed E-state index contributed by atoms with van der Waals surface area (Å²) in [6.07, 6.45) is 1.32. The lowest BCUT2D eigenvalue weighted by Crippen LogP contribution is -2.34. The molecule has 1 atom stereocenters. The molecule has 0 saturated heterocycles. The molecule has 0 amide bonds. The quantitative estimate of drug-likeness (QED) is 0.774. The molecule has 0 aliphatic heterocycles. The van der Waals surface area contributed by atoms with Crippen molar-refractivity contribution in [3.05, 3.63) is 24.3 Å². The van der Waals surface area contributed by atoms with Crippen molar-refractivity contribution >= 4 is 15.5 Å². The Morgan fingerprint density at radius 2 is 1.81 bits per heavy atom. The number of hydrogen-bond acceptors (Lipinski definition) is 4. The molecule has 21 heavy (non-hydrogen) atoms. The Kier molecular flexibility index (Phi) is 6.23. The Morgan fingerprint density at radius 3 is 2.29 bits per heavy atom. The summed E-state index contributed by atoms with van der Waals surface area (Å²) in [5.41, 5.74) is 0.0377. The molecule has 4 nitrogen and oxygen atoms in total. The summed E-state index contributed by atoms with van der Waals surface area (Å²) in [7, 11) is -3.16. The third-order valence-corrected chi connectivity index (χ3v) is 5.14. The fourth-order valence-corrected chi connectivity index (χ4v) is 3.73. The van der Waals surface area contributed by atoms with Crippen LogP contribution in [-0.2, 0) is 9.84 Å². The highest BCUT2D eigenvalue weighted by Gasteiger charge is 2.21. The van der Waals surface area contributed by atoms with Gasteiger partial charge in [-0.05, 0) is 49.9 Å². The zero-order chi connectivity index (χ0) is 16.1. The van der Waals surface area contributed by atoms with Gasteiger partial charge >= 0.3 is 0 Å². The third-order valence-electron chi connectivity index (χ3n) is 3.21. The number of anilines is 1. The molecule has 0 radical (unpaired) electrons. The van der Waals surface area contributed by atoms with Gasteiger partial charge in [0.15, 0.2) is 9.84 Å². The van der Waals surface area contributed by atoms with Gasteiger partial charge in [-0.3, -0.25) is 0 Å². The van der Waals surface area contributed by atoms with Crippen LogP contribution < -0.4 is 5.32 Å². The first-order chi connectivity index (χ1) is 9.66. The maximum absolute atomic E-state index is 11.9. The van der Waals surface area contributed by atoms with Gasteiger partial charge < -0.3 is 10.4 Å². The highest BCUT2D eigenvalue weighted by molar-refractivity contribution is 7.91. The average Bonchev–Trinajstić information content (AvgIpc) is 2.35. The molecular formula is C16H27NO3S. The Labute approximate surface area is 128 Å². The molecule has 0 saturated carbocycles. The molecule has 0 aromatic heterocycles. The lowest BCUT2D eigenvalue weighted by Gasteiger charge is -2.26. The van der Waals surface area contributed by atoms with Crippen LogP contribution in [0.1, 0.15) is 40.5 Å².